The first kappa shape index (κ1) is 12.8. The third kappa shape index (κ3) is 3.11. The van der Waals surface area contributed by atoms with E-state index in [0.29, 0.717) is 12.5 Å². The SMILES string of the molecule is CC1CCCC(CN)(N(C)CC(F)F)C1. The number of hydrogen-bond donors (Lipinski definition) is 1. The summed E-state index contributed by atoms with van der Waals surface area (Å²) in [5.74, 6) is 0.599. The Hall–Kier alpha value is -0.220. The van der Waals surface area contributed by atoms with E-state index in [2.05, 4.69) is 6.92 Å². The second-order valence-electron chi connectivity index (χ2n) is 4.90. The molecule has 0 spiro atoms. The zero-order chi connectivity index (χ0) is 11.5. The van der Waals surface area contributed by atoms with Gasteiger partial charge in [0.25, 0.3) is 6.43 Å². The molecule has 0 heterocycles. The van der Waals surface area contributed by atoms with Gasteiger partial charge >= 0.3 is 0 Å². The van der Waals surface area contributed by atoms with Crippen LogP contribution in [0.5, 0.6) is 0 Å². The largest absolute Gasteiger partial charge is 0.329 e. The van der Waals surface area contributed by atoms with Crippen LogP contribution in [0.3, 0.4) is 0 Å². The summed E-state index contributed by atoms with van der Waals surface area (Å²) in [5.41, 5.74) is 5.60. The van der Waals surface area contributed by atoms with E-state index >= 15 is 0 Å². The van der Waals surface area contributed by atoms with Gasteiger partial charge in [0.05, 0.1) is 6.54 Å². The molecule has 0 aromatic heterocycles. The van der Waals surface area contributed by atoms with Crippen molar-refractivity contribution in [3.63, 3.8) is 0 Å². The van der Waals surface area contributed by atoms with E-state index in [1.54, 1.807) is 11.9 Å². The number of likely N-dealkylation sites (N-methyl/N-ethyl adjacent to an activating group) is 1. The lowest BCUT2D eigenvalue weighted by molar-refractivity contribution is 0.0104. The number of nitrogens with zero attached hydrogens (tertiary/aromatic N) is 1. The molecule has 1 saturated carbocycles. The van der Waals surface area contributed by atoms with Crippen LogP contribution in [-0.4, -0.2) is 37.0 Å². The van der Waals surface area contributed by atoms with Crippen molar-refractivity contribution in [2.45, 2.75) is 44.6 Å². The fourth-order valence-electron chi connectivity index (χ4n) is 2.72. The maximum absolute atomic E-state index is 12.4. The van der Waals surface area contributed by atoms with Gasteiger partial charge in [0, 0.05) is 12.1 Å². The highest BCUT2D eigenvalue weighted by Crippen LogP contribution is 2.35. The summed E-state index contributed by atoms with van der Waals surface area (Å²) in [5, 5.41) is 0. The average Bonchev–Trinajstić information content (AvgIpc) is 2.16. The Morgan fingerprint density at radius 3 is 2.67 bits per heavy atom. The molecule has 0 aromatic rings. The predicted octanol–water partition coefficient (Wildman–Crippen LogP) is 2.09. The summed E-state index contributed by atoms with van der Waals surface area (Å²) < 4.78 is 24.7. The van der Waals surface area contributed by atoms with Gasteiger partial charge in [-0.1, -0.05) is 19.8 Å². The first-order valence-corrected chi connectivity index (χ1v) is 5.69. The second kappa shape index (κ2) is 5.21. The van der Waals surface area contributed by atoms with Crippen LogP contribution in [0.4, 0.5) is 8.78 Å². The highest BCUT2D eigenvalue weighted by atomic mass is 19.3. The van der Waals surface area contributed by atoms with Gasteiger partial charge in [-0.2, -0.15) is 0 Å². The van der Waals surface area contributed by atoms with Gasteiger partial charge in [0.1, 0.15) is 0 Å². The van der Waals surface area contributed by atoms with E-state index in [1.807, 2.05) is 0 Å². The molecule has 2 nitrogen and oxygen atoms in total. The number of nitrogens with two attached hydrogens (primary N) is 1. The molecule has 1 aliphatic rings. The molecule has 4 heteroatoms. The Labute approximate surface area is 90.8 Å². The summed E-state index contributed by atoms with van der Waals surface area (Å²) in [4.78, 5) is 1.77. The summed E-state index contributed by atoms with van der Waals surface area (Å²) in [6.45, 7) is 2.50. The van der Waals surface area contributed by atoms with E-state index in [1.165, 1.54) is 6.42 Å². The average molecular weight is 220 g/mol. The van der Waals surface area contributed by atoms with Crippen molar-refractivity contribution in [1.29, 1.82) is 0 Å². The van der Waals surface area contributed by atoms with Gasteiger partial charge in [0.15, 0.2) is 0 Å². The molecule has 0 aromatic carbocycles. The van der Waals surface area contributed by atoms with E-state index in [-0.39, 0.29) is 12.1 Å². The first-order chi connectivity index (χ1) is 7.00. The maximum atomic E-state index is 12.4. The zero-order valence-corrected chi connectivity index (χ0v) is 9.68. The Balaban J connectivity index is 2.65. The quantitative estimate of drug-likeness (QED) is 0.786. The highest BCUT2D eigenvalue weighted by Gasteiger charge is 2.37. The number of alkyl halides is 2. The number of hydrogen-bond acceptors (Lipinski definition) is 2. The van der Waals surface area contributed by atoms with E-state index in [9.17, 15) is 8.78 Å². The molecular formula is C11H22F2N2. The fraction of sp³-hybridized carbons (Fsp3) is 1.00. The molecule has 2 unspecified atom stereocenters. The molecule has 0 radical (unpaired) electrons. The van der Waals surface area contributed by atoms with Crippen LogP contribution in [0.2, 0.25) is 0 Å². The van der Waals surface area contributed by atoms with Gasteiger partial charge in [-0.3, -0.25) is 4.90 Å². The van der Waals surface area contributed by atoms with Crippen molar-refractivity contribution >= 4 is 0 Å². The lowest BCUT2D eigenvalue weighted by Crippen LogP contribution is -2.55. The molecular weight excluding hydrogens is 198 g/mol. The molecule has 90 valence electrons. The lowest BCUT2D eigenvalue weighted by atomic mass is 9.75. The van der Waals surface area contributed by atoms with Crippen molar-refractivity contribution in [3.8, 4) is 0 Å². The summed E-state index contributed by atoms with van der Waals surface area (Å²) in [6, 6.07) is 0. The Morgan fingerprint density at radius 1 is 1.53 bits per heavy atom. The van der Waals surface area contributed by atoms with Gasteiger partial charge in [-0.25, -0.2) is 8.78 Å². The van der Waals surface area contributed by atoms with Gasteiger partial charge < -0.3 is 5.73 Å². The number of rotatable bonds is 4. The van der Waals surface area contributed by atoms with Crippen LogP contribution in [0.25, 0.3) is 0 Å². The van der Waals surface area contributed by atoms with E-state index in [4.69, 9.17) is 5.73 Å². The summed E-state index contributed by atoms with van der Waals surface area (Å²) >= 11 is 0. The molecule has 0 aliphatic heterocycles. The maximum Gasteiger partial charge on any atom is 0.251 e. The van der Waals surface area contributed by atoms with Crippen LogP contribution in [0, 0.1) is 5.92 Å². The Morgan fingerprint density at radius 2 is 2.20 bits per heavy atom. The zero-order valence-electron chi connectivity index (χ0n) is 9.68. The van der Waals surface area contributed by atoms with Gasteiger partial charge in [-0.05, 0) is 25.8 Å². The fourth-order valence-corrected chi connectivity index (χ4v) is 2.72. The van der Waals surface area contributed by atoms with Crippen molar-refractivity contribution in [2.24, 2.45) is 11.7 Å². The minimum Gasteiger partial charge on any atom is -0.329 e. The molecule has 2 N–H and O–H groups in total. The molecule has 1 rings (SSSR count). The Bertz CT molecular complexity index is 199. The van der Waals surface area contributed by atoms with Crippen LogP contribution in [-0.2, 0) is 0 Å². The molecule has 15 heavy (non-hydrogen) atoms. The van der Waals surface area contributed by atoms with E-state index in [0.717, 1.165) is 19.3 Å². The van der Waals surface area contributed by atoms with Crippen LogP contribution < -0.4 is 5.73 Å². The monoisotopic (exact) mass is 220 g/mol. The summed E-state index contributed by atoms with van der Waals surface area (Å²) in [7, 11) is 1.77. The first-order valence-electron chi connectivity index (χ1n) is 5.69. The van der Waals surface area contributed by atoms with Crippen molar-refractivity contribution in [3.05, 3.63) is 0 Å². The minimum absolute atomic E-state index is 0.163. The highest BCUT2D eigenvalue weighted by molar-refractivity contribution is 4.94. The third-order valence-electron chi connectivity index (χ3n) is 3.67. The van der Waals surface area contributed by atoms with Crippen LogP contribution >= 0.6 is 0 Å². The molecule has 2 atom stereocenters. The second-order valence-corrected chi connectivity index (χ2v) is 4.90. The predicted molar refractivity (Wildman–Crippen MR) is 58.1 cm³/mol. The summed E-state index contributed by atoms with van der Waals surface area (Å²) in [6.07, 6.45) is 1.94. The molecule has 0 bridgehead atoms. The molecule has 0 saturated heterocycles. The number of halogens is 2. The molecule has 1 aliphatic carbocycles. The molecule has 0 amide bonds. The standard InChI is InChI=1S/C11H22F2N2/c1-9-4-3-5-11(6-9,8-14)15(2)7-10(12)13/h9-10H,3-8,14H2,1-2H3. The lowest BCUT2D eigenvalue weighted by Gasteiger charge is -2.46. The minimum atomic E-state index is -2.27. The topological polar surface area (TPSA) is 29.3 Å². The van der Waals surface area contributed by atoms with Crippen molar-refractivity contribution in [1.82, 2.24) is 4.90 Å². The van der Waals surface area contributed by atoms with Crippen LogP contribution in [0.15, 0.2) is 0 Å². The van der Waals surface area contributed by atoms with Gasteiger partial charge in [0.2, 0.25) is 0 Å². The Kier molecular flexibility index (Phi) is 4.46. The van der Waals surface area contributed by atoms with Crippen molar-refractivity contribution < 1.29 is 8.78 Å². The smallest absolute Gasteiger partial charge is 0.251 e. The third-order valence-corrected chi connectivity index (χ3v) is 3.67. The van der Waals surface area contributed by atoms with E-state index < -0.39 is 6.43 Å². The normalized spacial score (nSPS) is 32.6. The van der Waals surface area contributed by atoms with Crippen molar-refractivity contribution in [2.75, 3.05) is 20.1 Å². The van der Waals surface area contributed by atoms with Crippen LogP contribution in [0.1, 0.15) is 32.6 Å². The molecule has 1 fully saturated rings. The van der Waals surface area contributed by atoms with Gasteiger partial charge in [-0.15, -0.1) is 0 Å².